The van der Waals surface area contributed by atoms with Gasteiger partial charge in [-0.3, -0.25) is 4.79 Å². The second kappa shape index (κ2) is 8.12. The van der Waals surface area contributed by atoms with Crippen LogP contribution in [-0.4, -0.2) is 51.1 Å². The molecule has 0 saturated carbocycles. The van der Waals surface area contributed by atoms with Crippen LogP contribution in [-0.2, 0) is 0 Å². The molecule has 0 bridgehead atoms. The zero-order chi connectivity index (χ0) is 18.5. The van der Waals surface area contributed by atoms with Crippen molar-refractivity contribution in [2.45, 2.75) is 45.8 Å². The maximum atomic E-state index is 12.7. The molecule has 0 aliphatic carbocycles. The van der Waals surface area contributed by atoms with E-state index in [-0.39, 0.29) is 18.1 Å². The molecule has 1 saturated heterocycles. The van der Waals surface area contributed by atoms with Crippen LogP contribution in [0.2, 0.25) is 0 Å². The summed E-state index contributed by atoms with van der Waals surface area (Å²) in [5.41, 5.74) is 0.555. The van der Waals surface area contributed by atoms with Crippen LogP contribution in [0.25, 0.3) is 0 Å². The first-order valence-corrected chi connectivity index (χ1v) is 8.89. The number of carbonyl (C=O) groups excluding carboxylic acids is 1. The molecule has 2 aromatic rings. The predicted molar refractivity (Wildman–Crippen MR) is 96.3 cm³/mol. The number of aryl methyl sites for hydroxylation is 1. The van der Waals surface area contributed by atoms with E-state index in [2.05, 4.69) is 15.0 Å². The second-order valence-corrected chi connectivity index (χ2v) is 6.63. The van der Waals surface area contributed by atoms with Crippen LogP contribution in [0.4, 0.5) is 0 Å². The summed E-state index contributed by atoms with van der Waals surface area (Å²) in [5.74, 6) is 1.70. The van der Waals surface area contributed by atoms with E-state index in [1.165, 1.54) is 0 Å². The molecule has 0 N–H and O–H groups in total. The van der Waals surface area contributed by atoms with Gasteiger partial charge in [0.2, 0.25) is 11.8 Å². The number of pyridine rings is 1. The zero-order valence-corrected chi connectivity index (χ0v) is 15.4. The Kier molecular flexibility index (Phi) is 5.65. The minimum Gasteiger partial charge on any atom is -0.475 e. The highest BCUT2D eigenvalue weighted by atomic mass is 16.5. The molecule has 0 spiro atoms. The molecule has 3 rings (SSSR count). The lowest BCUT2D eigenvalue weighted by Crippen LogP contribution is -2.44. The molecule has 2 aromatic heterocycles. The molecular weight excluding hydrogens is 332 g/mol. The SMILES string of the molecule is Cc1nccc(OC2CCCN(C(=O)c3ccc(OC(C)C)nc3)C2)n1. The lowest BCUT2D eigenvalue weighted by atomic mass is 10.1. The Bertz CT molecular complexity index is 749. The average Bonchev–Trinajstić information content (AvgIpc) is 2.61. The van der Waals surface area contributed by atoms with Gasteiger partial charge in [0.05, 0.1) is 18.2 Å². The Balaban J connectivity index is 1.62. The number of nitrogens with zero attached hydrogens (tertiary/aromatic N) is 4. The van der Waals surface area contributed by atoms with Gasteiger partial charge in [0, 0.05) is 31.1 Å². The first-order chi connectivity index (χ1) is 12.5. The first-order valence-electron chi connectivity index (χ1n) is 8.89. The van der Waals surface area contributed by atoms with Gasteiger partial charge >= 0.3 is 0 Å². The monoisotopic (exact) mass is 356 g/mol. The van der Waals surface area contributed by atoms with Crippen molar-refractivity contribution in [3.8, 4) is 11.8 Å². The van der Waals surface area contributed by atoms with Crippen LogP contribution in [0, 0.1) is 6.92 Å². The van der Waals surface area contributed by atoms with Gasteiger partial charge in [0.25, 0.3) is 5.91 Å². The summed E-state index contributed by atoms with van der Waals surface area (Å²) in [6.07, 6.45) is 5.01. The third-order valence-electron chi connectivity index (χ3n) is 4.04. The minimum atomic E-state index is -0.0708. The van der Waals surface area contributed by atoms with Gasteiger partial charge in [-0.15, -0.1) is 0 Å². The highest BCUT2D eigenvalue weighted by Crippen LogP contribution is 2.19. The van der Waals surface area contributed by atoms with Crippen LogP contribution < -0.4 is 9.47 Å². The molecule has 1 fully saturated rings. The smallest absolute Gasteiger partial charge is 0.255 e. The van der Waals surface area contributed by atoms with Crippen molar-refractivity contribution in [3.05, 3.63) is 42.0 Å². The van der Waals surface area contributed by atoms with Gasteiger partial charge in [-0.25, -0.2) is 9.97 Å². The molecule has 1 aliphatic rings. The summed E-state index contributed by atoms with van der Waals surface area (Å²) in [4.78, 5) is 27.1. The standard InChI is InChI=1S/C19H24N4O3/c1-13(2)25-17-7-6-15(11-21-17)19(24)23-10-4-5-16(12-23)26-18-8-9-20-14(3)22-18/h6-9,11,13,16H,4-5,10,12H2,1-3H3. The van der Waals surface area contributed by atoms with Crippen molar-refractivity contribution < 1.29 is 14.3 Å². The van der Waals surface area contributed by atoms with E-state index >= 15 is 0 Å². The predicted octanol–water partition coefficient (Wildman–Crippen LogP) is 2.65. The van der Waals surface area contributed by atoms with Crippen molar-refractivity contribution in [2.75, 3.05) is 13.1 Å². The number of amides is 1. The molecule has 1 atom stereocenters. The molecule has 1 unspecified atom stereocenters. The van der Waals surface area contributed by atoms with Crippen molar-refractivity contribution >= 4 is 5.91 Å². The maximum absolute atomic E-state index is 12.7. The number of hydrogen-bond donors (Lipinski definition) is 0. The zero-order valence-electron chi connectivity index (χ0n) is 15.4. The van der Waals surface area contributed by atoms with Gasteiger partial charge in [-0.2, -0.15) is 4.98 Å². The molecule has 138 valence electrons. The fraction of sp³-hybridized carbons (Fsp3) is 0.474. The number of aromatic nitrogens is 3. The highest BCUT2D eigenvalue weighted by molar-refractivity contribution is 5.94. The fourth-order valence-corrected chi connectivity index (χ4v) is 2.89. The van der Waals surface area contributed by atoms with Gasteiger partial charge in [0.1, 0.15) is 11.9 Å². The topological polar surface area (TPSA) is 77.4 Å². The highest BCUT2D eigenvalue weighted by Gasteiger charge is 2.26. The van der Waals surface area contributed by atoms with Crippen LogP contribution >= 0.6 is 0 Å². The fourth-order valence-electron chi connectivity index (χ4n) is 2.89. The summed E-state index contributed by atoms with van der Waals surface area (Å²) >= 11 is 0. The summed E-state index contributed by atoms with van der Waals surface area (Å²) in [6, 6.07) is 5.23. The largest absolute Gasteiger partial charge is 0.475 e. The Morgan fingerprint density at radius 1 is 1.23 bits per heavy atom. The Morgan fingerprint density at radius 2 is 2.08 bits per heavy atom. The van der Waals surface area contributed by atoms with Crippen LogP contribution in [0.5, 0.6) is 11.8 Å². The normalized spacial score (nSPS) is 17.2. The van der Waals surface area contributed by atoms with Crippen LogP contribution in [0.15, 0.2) is 30.6 Å². The van der Waals surface area contributed by atoms with E-state index < -0.39 is 0 Å². The second-order valence-electron chi connectivity index (χ2n) is 6.63. The summed E-state index contributed by atoms with van der Waals surface area (Å²) < 4.78 is 11.5. The van der Waals surface area contributed by atoms with Crippen LogP contribution in [0.3, 0.4) is 0 Å². The maximum Gasteiger partial charge on any atom is 0.255 e. The quantitative estimate of drug-likeness (QED) is 0.820. The molecule has 7 heteroatoms. The van der Waals surface area contributed by atoms with Crippen molar-refractivity contribution in [1.82, 2.24) is 19.9 Å². The number of rotatable bonds is 5. The molecule has 0 radical (unpaired) electrons. The van der Waals surface area contributed by atoms with Crippen molar-refractivity contribution in [2.24, 2.45) is 0 Å². The Hall–Kier alpha value is -2.70. The summed E-state index contributed by atoms with van der Waals surface area (Å²) in [6.45, 7) is 6.95. The van der Waals surface area contributed by atoms with Gasteiger partial charge in [0.15, 0.2) is 0 Å². The van der Waals surface area contributed by atoms with Gasteiger partial charge in [-0.1, -0.05) is 0 Å². The summed E-state index contributed by atoms with van der Waals surface area (Å²) in [5, 5.41) is 0. The van der Waals surface area contributed by atoms with E-state index in [1.807, 2.05) is 25.7 Å². The lowest BCUT2D eigenvalue weighted by molar-refractivity contribution is 0.0526. The average molecular weight is 356 g/mol. The lowest BCUT2D eigenvalue weighted by Gasteiger charge is -2.32. The third kappa shape index (κ3) is 4.68. The van der Waals surface area contributed by atoms with E-state index in [0.717, 1.165) is 12.8 Å². The van der Waals surface area contributed by atoms with E-state index in [9.17, 15) is 4.79 Å². The van der Waals surface area contributed by atoms with Crippen molar-refractivity contribution in [1.29, 1.82) is 0 Å². The number of ether oxygens (including phenoxy) is 2. The minimum absolute atomic E-state index is 0.0410. The van der Waals surface area contributed by atoms with E-state index in [0.29, 0.717) is 36.2 Å². The molecule has 1 aliphatic heterocycles. The molecule has 3 heterocycles. The van der Waals surface area contributed by atoms with E-state index in [4.69, 9.17) is 9.47 Å². The number of likely N-dealkylation sites (tertiary alicyclic amines) is 1. The molecule has 0 aromatic carbocycles. The number of hydrogen-bond acceptors (Lipinski definition) is 6. The first kappa shape index (κ1) is 18.1. The molecule has 7 nitrogen and oxygen atoms in total. The molecular formula is C19H24N4O3. The summed E-state index contributed by atoms with van der Waals surface area (Å²) in [7, 11) is 0. The third-order valence-corrected chi connectivity index (χ3v) is 4.04. The Morgan fingerprint density at radius 3 is 2.77 bits per heavy atom. The van der Waals surface area contributed by atoms with Crippen LogP contribution in [0.1, 0.15) is 42.9 Å². The molecule has 26 heavy (non-hydrogen) atoms. The van der Waals surface area contributed by atoms with E-state index in [1.54, 1.807) is 30.6 Å². The van der Waals surface area contributed by atoms with Gasteiger partial charge in [-0.05, 0) is 39.7 Å². The molecule has 1 amide bonds. The van der Waals surface area contributed by atoms with Crippen molar-refractivity contribution in [3.63, 3.8) is 0 Å². The Labute approximate surface area is 153 Å². The number of carbonyl (C=O) groups is 1. The van der Waals surface area contributed by atoms with Gasteiger partial charge < -0.3 is 14.4 Å². The number of piperidine rings is 1.